The fourth-order valence-electron chi connectivity index (χ4n) is 3.52. The Kier molecular flexibility index (Phi) is 6.59. The van der Waals surface area contributed by atoms with Crippen molar-refractivity contribution in [1.82, 2.24) is 19.9 Å². The van der Waals surface area contributed by atoms with Crippen LogP contribution in [0.1, 0.15) is 43.6 Å². The van der Waals surface area contributed by atoms with Crippen LogP contribution in [0.5, 0.6) is 11.5 Å². The van der Waals surface area contributed by atoms with Crippen molar-refractivity contribution < 1.29 is 14.3 Å². The zero-order valence-corrected chi connectivity index (χ0v) is 18.6. The third kappa shape index (κ3) is 4.40. The van der Waals surface area contributed by atoms with Crippen molar-refractivity contribution in [2.24, 2.45) is 0 Å². The molecule has 0 unspecified atom stereocenters. The van der Waals surface area contributed by atoms with Crippen molar-refractivity contribution >= 4 is 11.6 Å². The molecule has 7 nitrogen and oxygen atoms in total. The highest BCUT2D eigenvalue weighted by Crippen LogP contribution is 2.33. The number of amides is 1. The fraction of sp³-hybridized carbons (Fsp3) is 0.435. The highest BCUT2D eigenvalue weighted by Gasteiger charge is 2.17. The first-order chi connectivity index (χ1) is 14.4. The van der Waals surface area contributed by atoms with Crippen LogP contribution < -0.4 is 14.8 Å². The summed E-state index contributed by atoms with van der Waals surface area (Å²) < 4.78 is 12.7. The number of rotatable bonds is 8. The molecule has 0 saturated carbocycles. The smallest absolute Gasteiger partial charge is 0.220 e. The summed E-state index contributed by atoms with van der Waals surface area (Å²) >= 11 is 0. The summed E-state index contributed by atoms with van der Waals surface area (Å²) in [5, 5.41) is 7.79. The van der Waals surface area contributed by atoms with E-state index in [2.05, 4.69) is 12.2 Å². The molecule has 0 saturated heterocycles. The second-order valence-corrected chi connectivity index (χ2v) is 7.50. The van der Waals surface area contributed by atoms with E-state index in [1.54, 1.807) is 14.2 Å². The molecule has 0 radical (unpaired) electrons. The van der Waals surface area contributed by atoms with Crippen LogP contribution in [0, 0.1) is 13.8 Å². The van der Waals surface area contributed by atoms with E-state index in [0.29, 0.717) is 18.6 Å². The lowest BCUT2D eigenvalue weighted by molar-refractivity contribution is -0.121. The maximum Gasteiger partial charge on any atom is 0.220 e. The van der Waals surface area contributed by atoms with E-state index in [0.717, 1.165) is 46.0 Å². The van der Waals surface area contributed by atoms with Gasteiger partial charge in [0.05, 0.1) is 19.9 Å². The van der Waals surface area contributed by atoms with Crippen LogP contribution >= 0.6 is 0 Å². The van der Waals surface area contributed by atoms with E-state index >= 15 is 0 Å². The lowest BCUT2D eigenvalue weighted by Gasteiger charge is -2.13. The number of hydrogen-bond acceptors (Lipinski definition) is 5. The Morgan fingerprint density at radius 3 is 2.63 bits per heavy atom. The Morgan fingerprint density at radius 1 is 1.20 bits per heavy atom. The average molecular weight is 411 g/mol. The third-order valence-corrected chi connectivity index (χ3v) is 5.47. The minimum atomic E-state index is 0.0624. The monoisotopic (exact) mass is 410 g/mol. The number of carbonyl (C=O) groups excluding carboxylic acids is 1. The molecule has 7 heteroatoms. The van der Waals surface area contributed by atoms with Crippen LogP contribution in [-0.4, -0.2) is 40.8 Å². The van der Waals surface area contributed by atoms with Gasteiger partial charge in [0.1, 0.15) is 11.5 Å². The molecule has 1 amide bonds. The Hall–Kier alpha value is -3.09. The minimum Gasteiger partial charge on any atom is -0.497 e. The Balaban J connectivity index is 1.92. The number of fused-ring (bicyclic) bond motifs is 1. The van der Waals surface area contributed by atoms with Crippen LogP contribution in [0.2, 0.25) is 0 Å². The van der Waals surface area contributed by atoms with Crippen molar-refractivity contribution in [2.45, 2.75) is 53.0 Å². The summed E-state index contributed by atoms with van der Waals surface area (Å²) in [6.07, 6.45) is 1.98. The van der Waals surface area contributed by atoms with Crippen LogP contribution in [0.3, 0.4) is 0 Å². The van der Waals surface area contributed by atoms with Crippen molar-refractivity contribution in [3.05, 3.63) is 41.2 Å². The highest BCUT2D eigenvalue weighted by atomic mass is 16.5. The summed E-state index contributed by atoms with van der Waals surface area (Å²) in [6.45, 7) is 8.08. The number of nitrogens with one attached hydrogen (secondary N) is 1. The first kappa shape index (κ1) is 21.6. The SMILES string of the molecule is CC[C@H](C)NC(=O)CCc1c(C)nc2cc(-c3ccc(OC)cc3OC)nn2c1C. The lowest BCUT2D eigenvalue weighted by atomic mass is 10.1. The molecule has 0 aliphatic heterocycles. The summed E-state index contributed by atoms with van der Waals surface area (Å²) in [7, 11) is 3.25. The molecule has 0 aliphatic carbocycles. The van der Waals surface area contributed by atoms with Gasteiger partial charge in [-0.2, -0.15) is 5.10 Å². The molecule has 3 rings (SSSR count). The molecule has 0 spiro atoms. The van der Waals surface area contributed by atoms with Gasteiger partial charge >= 0.3 is 0 Å². The summed E-state index contributed by atoms with van der Waals surface area (Å²) in [5.74, 6) is 1.48. The number of aryl methyl sites for hydroxylation is 2. The van der Waals surface area contributed by atoms with Crippen LogP contribution in [0.15, 0.2) is 24.3 Å². The van der Waals surface area contributed by atoms with E-state index < -0.39 is 0 Å². The molecule has 1 aromatic carbocycles. The molecule has 30 heavy (non-hydrogen) atoms. The Labute approximate surface area is 177 Å². The minimum absolute atomic E-state index is 0.0624. The van der Waals surface area contributed by atoms with Crippen molar-refractivity contribution in [3.63, 3.8) is 0 Å². The largest absolute Gasteiger partial charge is 0.497 e. The lowest BCUT2D eigenvalue weighted by Crippen LogP contribution is -2.32. The first-order valence-corrected chi connectivity index (χ1v) is 10.3. The molecular formula is C23H30N4O3. The molecular weight excluding hydrogens is 380 g/mol. The van der Waals surface area contributed by atoms with Crippen LogP contribution in [-0.2, 0) is 11.2 Å². The zero-order valence-electron chi connectivity index (χ0n) is 18.6. The molecule has 2 heterocycles. The van der Waals surface area contributed by atoms with Crippen molar-refractivity contribution in [1.29, 1.82) is 0 Å². The van der Waals surface area contributed by atoms with Gasteiger partial charge in [0.25, 0.3) is 0 Å². The average Bonchev–Trinajstić information content (AvgIpc) is 3.16. The first-order valence-electron chi connectivity index (χ1n) is 10.3. The van der Waals surface area contributed by atoms with E-state index in [1.165, 1.54) is 0 Å². The fourth-order valence-corrected chi connectivity index (χ4v) is 3.52. The van der Waals surface area contributed by atoms with Gasteiger partial charge < -0.3 is 14.8 Å². The molecule has 0 fully saturated rings. The van der Waals surface area contributed by atoms with Crippen molar-refractivity contribution in [3.8, 4) is 22.8 Å². The van der Waals surface area contributed by atoms with Crippen LogP contribution in [0.25, 0.3) is 16.9 Å². The van der Waals surface area contributed by atoms with E-state index in [4.69, 9.17) is 19.6 Å². The summed E-state index contributed by atoms with van der Waals surface area (Å²) in [4.78, 5) is 16.9. The van der Waals surface area contributed by atoms with Gasteiger partial charge in [-0.3, -0.25) is 4.79 Å². The topological polar surface area (TPSA) is 77.8 Å². The number of methoxy groups -OCH3 is 2. The Bertz CT molecular complexity index is 1060. The molecule has 160 valence electrons. The molecule has 1 atom stereocenters. The van der Waals surface area contributed by atoms with Gasteiger partial charge in [0.2, 0.25) is 5.91 Å². The van der Waals surface area contributed by atoms with E-state index in [-0.39, 0.29) is 11.9 Å². The second kappa shape index (κ2) is 9.15. The highest BCUT2D eigenvalue weighted by molar-refractivity contribution is 5.76. The number of benzene rings is 1. The van der Waals surface area contributed by atoms with E-state index in [1.807, 2.05) is 49.6 Å². The predicted octanol–water partition coefficient (Wildman–Crippen LogP) is 3.88. The van der Waals surface area contributed by atoms with Gasteiger partial charge in [0.15, 0.2) is 5.65 Å². The summed E-state index contributed by atoms with van der Waals surface area (Å²) in [6, 6.07) is 7.79. The van der Waals surface area contributed by atoms with Crippen LogP contribution in [0.4, 0.5) is 0 Å². The van der Waals surface area contributed by atoms with E-state index in [9.17, 15) is 4.79 Å². The number of ether oxygens (including phenoxy) is 2. The Morgan fingerprint density at radius 2 is 1.97 bits per heavy atom. The maximum absolute atomic E-state index is 12.2. The number of carbonyl (C=O) groups is 1. The second-order valence-electron chi connectivity index (χ2n) is 7.50. The molecule has 1 N–H and O–H groups in total. The zero-order chi connectivity index (χ0) is 21.8. The molecule has 0 aliphatic rings. The molecule has 2 aromatic heterocycles. The number of aromatic nitrogens is 3. The van der Waals surface area contributed by atoms with Gasteiger partial charge in [-0.05, 0) is 51.3 Å². The van der Waals surface area contributed by atoms with Gasteiger partial charge in [-0.15, -0.1) is 0 Å². The molecule has 0 bridgehead atoms. The molecule has 3 aromatic rings. The quantitative estimate of drug-likeness (QED) is 0.610. The third-order valence-electron chi connectivity index (χ3n) is 5.47. The summed E-state index contributed by atoms with van der Waals surface area (Å²) in [5.41, 5.74) is 5.38. The number of nitrogens with zero attached hydrogens (tertiary/aromatic N) is 3. The van der Waals surface area contributed by atoms with Gasteiger partial charge in [0, 0.05) is 41.5 Å². The normalized spacial score (nSPS) is 12.1. The number of hydrogen-bond donors (Lipinski definition) is 1. The predicted molar refractivity (Wildman–Crippen MR) is 117 cm³/mol. The maximum atomic E-state index is 12.2. The van der Waals surface area contributed by atoms with Crippen molar-refractivity contribution in [2.75, 3.05) is 14.2 Å². The van der Waals surface area contributed by atoms with Gasteiger partial charge in [-0.1, -0.05) is 6.92 Å². The van der Waals surface area contributed by atoms with Gasteiger partial charge in [-0.25, -0.2) is 9.50 Å². The standard InChI is InChI=1S/C23H30N4O3/c1-7-14(2)24-23(28)11-10-18-15(3)25-22-13-20(26-27(22)16(18)4)19-9-8-17(29-5)12-21(19)30-6/h8-9,12-14H,7,10-11H2,1-6H3,(H,24,28)/t14-/m0/s1.